The van der Waals surface area contributed by atoms with E-state index in [9.17, 15) is 0 Å². The molecular weight excluding hydrogens is 208 g/mol. The van der Waals surface area contributed by atoms with E-state index in [0.29, 0.717) is 5.54 Å². The van der Waals surface area contributed by atoms with Crippen molar-refractivity contribution in [1.82, 2.24) is 10.2 Å². The van der Waals surface area contributed by atoms with Crippen molar-refractivity contribution in [2.24, 2.45) is 5.92 Å². The summed E-state index contributed by atoms with van der Waals surface area (Å²) in [5, 5.41) is 3.81. The maximum atomic E-state index is 3.81. The molecule has 0 saturated carbocycles. The molecule has 2 heterocycles. The van der Waals surface area contributed by atoms with Gasteiger partial charge >= 0.3 is 0 Å². The van der Waals surface area contributed by atoms with Crippen molar-refractivity contribution in [2.45, 2.75) is 64.3 Å². The summed E-state index contributed by atoms with van der Waals surface area (Å²) < 4.78 is 0. The molecule has 17 heavy (non-hydrogen) atoms. The van der Waals surface area contributed by atoms with Gasteiger partial charge in [-0.3, -0.25) is 0 Å². The lowest BCUT2D eigenvalue weighted by atomic mass is 9.89. The average Bonchev–Trinajstić information content (AvgIpc) is 2.78. The Morgan fingerprint density at radius 2 is 2.18 bits per heavy atom. The van der Waals surface area contributed by atoms with E-state index in [4.69, 9.17) is 0 Å². The number of likely N-dealkylation sites (tertiary alicyclic amines) is 1. The second-order valence-corrected chi connectivity index (χ2v) is 6.21. The fourth-order valence-corrected chi connectivity index (χ4v) is 3.83. The molecule has 100 valence electrons. The zero-order valence-corrected chi connectivity index (χ0v) is 11.8. The number of nitrogens with zero attached hydrogens (tertiary/aromatic N) is 1. The fraction of sp³-hybridized carbons (Fsp3) is 1.00. The maximum absolute atomic E-state index is 3.81. The van der Waals surface area contributed by atoms with Crippen molar-refractivity contribution < 1.29 is 0 Å². The molecule has 2 aliphatic rings. The summed E-state index contributed by atoms with van der Waals surface area (Å²) in [5.41, 5.74) is 0.463. The molecular formula is C15H30N2. The number of nitrogens with one attached hydrogen (secondary N) is 1. The normalized spacial score (nSPS) is 35.3. The number of hydrogen-bond donors (Lipinski definition) is 1. The lowest BCUT2D eigenvalue weighted by Crippen LogP contribution is -2.52. The van der Waals surface area contributed by atoms with Crippen molar-refractivity contribution in [3.05, 3.63) is 0 Å². The first kappa shape index (κ1) is 13.4. The van der Waals surface area contributed by atoms with Gasteiger partial charge in [0.05, 0.1) is 0 Å². The Morgan fingerprint density at radius 3 is 2.82 bits per heavy atom. The Bertz CT molecular complexity index is 221. The summed E-state index contributed by atoms with van der Waals surface area (Å²) in [6, 6.07) is 0. The molecule has 0 amide bonds. The largest absolute Gasteiger partial charge is 0.310 e. The van der Waals surface area contributed by atoms with E-state index >= 15 is 0 Å². The lowest BCUT2D eigenvalue weighted by Gasteiger charge is -2.39. The summed E-state index contributed by atoms with van der Waals surface area (Å²) in [6.45, 7) is 9.91. The maximum Gasteiger partial charge on any atom is 0.0309 e. The SMILES string of the molecule is CCCC1(CN2CCCC(CC)C2)CCCN1. The van der Waals surface area contributed by atoms with Gasteiger partial charge in [0.25, 0.3) is 0 Å². The van der Waals surface area contributed by atoms with Gasteiger partial charge in [-0.2, -0.15) is 0 Å². The van der Waals surface area contributed by atoms with Crippen LogP contribution in [-0.2, 0) is 0 Å². The highest BCUT2D eigenvalue weighted by Gasteiger charge is 2.35. The van der Waals surface area contributed by atoms with Gasteiger partial charge in [-0.1, -0.05) is 26.7 Å². The predicted octanol–water partition coefficient (Wildman–Crippen LogP) is 3.03. The van der Waals surface area contributed by atoms with E-state index < -0.39 is 0 Å². The van der Waals surface area contributed by atoms with E-state index in [1.165, 1.54) is 71.1 Å². The number of rotatable bonds is 5. The third kappa shape index (κ3) is 3.45. The van der Waals surface area contributed by atoms with Crippen molar-refractivity contribution >= 4 is 0 Å². The highest BCUT2D eigenvalue weighted by atomic mass is 15.2. The third-order valence-electron chi connectivity index (χ3n) is 4.77. The molecule has 2 fully saturated rings. The van der Waals surface area contributed by atoms with E-state index in [-0.39, 0.29) is 0 Å². The second kappa shape index (κ2) is 6.19. The molecule has 2 heteroatoms. The van der Waals surface area contributed by atoms with E-state index in [2.05, 4.69) is 24.1 Å². The zero-order chi connectivity index (χ0) is 12.1. The van der Waals surface area contributed by atoms with Gasteiger partial charge in [-0.05, 0) is 51.1 Å². The van der Waals surface area contributed by atoms with Gasteiger partial charge in [-0.15, -0.1) is 0 Å². The van der Waals surface area contributed by atoms with Crippen molar-refractivity contribution in [1.29, 1.82) is 0 Å². The van der Waals surface area contributed by atoms with Gasteiger partial charge in [0.1, 0.15) is 0 Å². The lowest BCUT2D eigenvalue weighted by molar-refractivity contribution is 0.124. The van der Waals surface area contributed by atoms with E-state index in [1.807, 2.05) is 0 Å². The minimum absolute atomic E-state index is 0.463. The first-order chi connectivity index (χ1) is 8.28. The van der Waals surface area contributed by atoms with Crippen LogP contribution in [0.3, 0.4) is 0 Å². The molecule has 2 nitrogen and oxygen atoms in total. The molecule has 2 unspecified atom stereocenters. The minimum atomic E-state index is 0.463. The Kier molecular flexibility index (Phi) is 4.87. The van der Waals surface area contributed by atoms with Crippen LogP contribution < -0.4 is 5.32 Å². The molecule has 0 spiro atoms. The summed E-state index contributed by atoms with van der Waals surface area (Å²) in [7, 11) is 0. The quantitative estimate of drug-likeness (QED) is 0.792. The van der Waals surface area contributed by atoms with Crippen LogP contribution in [0.15, 0.2) is 0 Å². The van der Waals surface area contributed by atoms with Crippen LogP contribution >= 0.6 is 0 Å². The second-order valence-electron chi connectivity index (χ2n) is 6.21. The van der Waals surface area contributed by atoms with Crippen LogP contribution in [0.25, 0.3) is 0 Å². The molecule has 2 atom stereocenters. The fourth-order valence-electron chi connectivity index (χ4n) is 3.83. The van der Waals surface area contributed by atoms with Crippen LogP contribution in [0.1, 0.15) is 58.8 Å². The van der Waals surface area contributed by atoms with Crippen LogP contribution in [0, 0.1) is 5.92 Å². The van der Waals surface area contributed by atoms with Crippen molar-refractivity contribution in [3.63, 3.8) is 0 Å². The molecule has 0 radical (unpaired) electrons. The Balaban J connectivity index is 1.88. The minimum Gasteiger partial charge on any atom is -0.310 e. The average molecular weight is 238 g/mol. The van der Waals surface area contributed by atoms with Crippen molar-refractivity contribution in [3.8, 4) is 0 Å². The summed E-state index contributed by atoms with van der Waals surface area (Å²) in [6.07, 6.45) is 9.70. The van der Waals surface area contributed by atoms with Crippen LogP contribution in [-0.4, -0.2) is 36.6 Å². The summed E-state index contributed by atoms with van der Waals surface area (Å²) in [5.74, 6) is 0.962. The van der Waals surface area contributed by atoms with Gasteiger partial charge in [-0.25, -0.2) is 0 Å². The molecule has 0 aromatic heterocycles. The number of piperidine rings is 1. The monoisotopic (exact) mass is 238 g/mol. The third-order valence-corrected chi connectivity index (χ3v) is 4.77. The highest BCUT2D eigenvalue weighted by molar-refractivity contribution is 4.95. The molecule has 0 aromatic carbocycles. The smallest absolute Gasteiger partial charge is 0.0309 e. The zero-order valence-electron chi connectivity index (χ0n) is 11.8. The molecule has 0 bridgehead atoms. The van der Waals surface area contributed by atoms with Gasteiger partial charge in [0, 0.05) is 18.6 Å². The summed E-state index contributed by atoms with van der Waals surface area (Å²) in [4.78, 5) is 2.74. The molecule has 0 aliphatic carbocycles. The summed E-state index contributed by atoms with van der Waals surface area (Å²) >= 11 is 0. The Hall–Kier alpha value is -0.0800. The molecule has 2 aliphatic heterocycles. The van der Waals surface area contributed by atoms with Crippen LogP contribution in [0.4, 0.5) is 0 Å². The molecule has 2 rings (SSSR count). The van der Waals surface area contributed by atoms with E-state index in [0.717, 1.165) is 5.92 Å². The van der Waals surface area contributed by atoms with Crippen LogP contribution in [0.2, 0.25) is 0 Å². The van der Waals surface area contributed by atoms with Crippen molar-refractivity contribution in [2.75, 3.05) is 26.2 Å². The highest BCUT2D eigenvalue weighted by Crippen LogP contribution is 2.28. The number of hydrogen-bond acceptors (Lipinski definition) is 2. The first-order valence-corrected chi connectivity index (χ1v) is 7.75. The van der Waals surface area contributed by atoms with E-state index in [1.54, 1.807) is 0 Å². The molecule has 2 saturated heterocycles. The molecule has 1 N–H and O–H groups in total. The first-order valence-electron chi connectivity index (χ1n) is 7.75. The molecule has 0 aromatic rings. The van der Waals surface area contributed by atoms with Gasteiger partial charge in [0.2, 0.25) is 0 Å². The topological polar surface area (TPSA) is 15.3 Å². The Morgan fingerprint density at radius 1 is 1.29 bits per heavy atom. The standard InChI is InChI=1S/C15H30N2/c1-3-8-15(9-6-10-16-15)13-17-11-5-7-14(4-2)12-17/h14,16H,3-13H2,1-2H3. The Labute approximate surface area is 107 Å². The predicted molar refractivity (Wildman–Crippen MR) is 74.3 cm³/mol. The van der Waals surface area contributed by atoms with Gasteiger partial charge in [0.15, 0.2) is 0 Å². The van der Waals surface area contributed by atoms with Crippen LogP contribution in [0.5, 0.6) is 0 Å². The van der Waals surface area contributed by atoms with Gasteiger partial charge < -0.3 is 10.2 Å².